The minimum absolute atomic E-state index is 0.324. The molecule has 0 aliphatic carbocycles. The molecule has 1 rings (SSSR count). The summed E-state index contributed by atoms with van der Waals surface area (Å²) in [4.78, 5) is 0. The first-order chi connectivity index (χ1) is 12.2. The molecule has 0 aromatic carbocycles. The van der Waals surface area contributed by atoms with Crippen molar-refractivity contribution in [2.45, 2.75) is 65.5 Å². The lowest BCUT2D eigenvalue weighted by molar-refractivity contribution is 0.00193. The Morgan fingerprint density at radius 2 is 1.42 bits per heavy atom. The van der Waals surface area contributed by atoms with Crippen LogP contribution in [0.25, 0.3) is 0 Å². The molecular weight excluding hydrogens is 388 g/mol. The molecule has 1 aliphatic rings. The molecule has 1 saturated heterocycles. The fraction of sp³-hybridized carbons (Fsp3) is 1.00. The van der Waals surface area contributed by atoms with E-state index >= 15 is 0 Å². The van der Waals surface area contributed by atoms with Crippen LogP contribution in [0.1, 0.15) is 27.2 Å². The smallest absolute Gasteiger partial charge is 0.436 e. The van der Waals surface area contributed by atoms with Crippen LogP contribution >= 0.6 is 0 Å². The van der Waals surface area contributed by atoms with Gasteiger partial charge in [0, 0.05) is 26.4 Å². The second-order valence-corrected chi connectivity index (χ2v) is 17.6. The third-order valence-electron chi connectivity index (χ3n) is 3.63. The lowest BCUT2D eigenvalue weighted by Crippen LogP contribution is -2.59. The van der Waals surface area contributed by atoms with Crippen molar-refractivity contribution in [3.8, 4) is 0 Å². The van der Waals surface area contributed by atoms with Crippen molar-refractivity contribution in [2.24, 2.45) is 0 Å². The van der Waals surface area contributed by atoms with Crippen molar-refractivity contribution < 1.29 is 31.0 Å². The van der Waals surface area contributed by atoms with Gasteiger partial charge in [-0.25, -0.2) is 0 Å². The van der Waals surface area contributed by atoms with Crippen molar-refractivity contribution in [3.05, 3.63) is 0 Å². The highest BCUT2D eigenvalue weighted by molar-refractivity contribution is 6.85. The van der Waals surface area contributed by atoms with E-state index < -0.39 is 25.9 Å². The molecule has 0 saturated carbocycles. The van der Waals surface area contributed by atoms with E-state index in [2.05, 4.69) is 13.1 Å². The summed E-state index contributed by atoms with van der Waals surface area (Å²) >= 11 is 0. The zero-order chi connectivity index (χ0) is 19.7. The van der Waals surface area contributed by atoms with Crippen molar-refractivity contribution in [1.29, 1.82) is 0 Å². The molecule has 0 amide bonds. The lowest BCUT2D eigenvalue weighted by Gasteiger charge is -2.38. The van der Waals surface area contributed by atoms with Crippen LogP contribution < -0.4 is 0 Å². The Hall–Kier alpha value is 0.371. The zero-order valence-electron chi connectivity index (χ0n) is 17.6. The molecular formula is C16H38O7Si3. The molecule has 1 unspecified atom stereocenters. The van der Waals surface area contributed by atoms with Crippen LogP contribution in [-0.2, 0) is 31.0 Å². The van der Waals surface area contributed by atoms with E-state index in [1.54, 1.807) is 0 Å². The summed E-state index contributed by atoms with van der Waals surface area (Å²) in [6, 6.07) is 1.02. The number of rotatable bonds is 16. The summed E-state index contributed by atoms with van der Waals surface area (Å²) in [6.45, 7) is 18.0. The van der Waals surface area contributed by atoms with Gasteiger partial charge in [-0.05, 0) is 59.4 Å². The molecule has 10 heteroatoms. The van der Waals surface area contributed by atoms with Gasteiger partial charge in [-0.1, -0.05) is 0 Å². The highest BCUT2D eigenvalue weighted by atomic mass is 28.5. The van der Waals surface area contributed by atoms with Crippen molar-refractivity contribution in [1.82, 2.24) is 0 Å². The maximum Gasteiger partial charge on any atom is 0.670 e. The van der Waals surface area contributed by atoms with E-state index in [9.17, 15) is 0 Å². The quantitative estimate of drug-likeness (QED) is 0.213. The molecule has 0 aromatic heterocycles. The minimum Gasteiger partial charge on any atom is -0.436 e. The van der Waals surface area contributed by atoms with Gasteiger partial charge in [0.05, 0.1) is 13.2 Å². The van der Waals surface area contributed by atoms with Gasteiger partial charge in [0.2, 0.25) is 0 Å². The molecule has 7 nitrogen and oxygen atoms in total. The molecule has 26 heavy (non-hydrogen) atoms. The first-order valence-corrected chi connectivity index (χ1v) is 17.3. The van der Waals surface area contributed by atoms with Crippen LogP contribution in [0.15, 0.2) is 0 Å². The second kappa shape index (κ2) is 11.4. The monoisotopic (exact) mass is 426 g/mol. The van der Waals surface area contributed by atoms with Crippen LogP contribution in [0.5, 0.6) is 0 Å². The summed E-state index contributed by atoms with van der Waals surface area (Å²) in [7, 11) is -7.52. The van der Waals surface area contributed by atoms with Crippen LogP contribution in [0.4, 0.5) is 0 Å². The molecule has 0 spiro atoms. The fourth-order valence-electron chi connectivity index (χ4n) is 2.76. The van der Waals surface area contributed by atoms with Gasteiger partial charge in [-0.15, -0.1) is 0 Å². The van der Waals surface area contributed by atoms with Gasteiger partial charge >= 0.3 is 17.6 Å². The Morgan fingerprint density at radius 1 is 0.885 bits per heavy atom. The zero-order valence-corrected chi connectivity index (χ0v) is 20.6. The lowest BCUT2D eigenvalue weighted by atomic mass is 10.5. The largest absolute Gasteiger partial charge is 0.670 e. The molecule has 0 bridgehead atoms. The predicted molar refractivity (Wildman–Crippen MR) is 108 cm³/mol. The molecule has 0 aromatic rings. The average molecular weight is 427 g/mol. The maximum atomic E-state index is 6.53. The van der Waals surface area contributed by atoms with Crippen LogP contribution in [0.2, 0.25) is 32.2 Å². The summed E-state index contributed by atoms with van der Waals surface area (Å²) in [5, 5.41) is 0. The predicted octanol–water partition coefficient (Wildman–Crippen LogP) is 3.28. The Morgan fingerprint density at radius 3 is 1.88 bits per heavy atom. The summed E-state index contributed by atoms with van der Waals surface area (Å²) in [6.07, 6.45) is 1.31. The van der Waals surface area contributed by atoms with Gasteiger partial charge in [-0.3, -0.25) is 0 Å². The van der Waals surface area contributed by atoms with E-state index in [0.29, 0.717) is 32.5 Å². The second-order valence-electron chi connectivity index (χ2n) is 7.30. The van der Waals surface area contributed by atoms with Gasteiger partial charge in [-0.2, -0.15) is 0 Å². The van der Waals surface area contributed by atoms with E-state index in [0.717, 1.165) is 25.7 Å². The number of epoxide rings is 1. The van der Waals surface area contributed by atoms with E-state index in [-0.39, 0.29) is 0 Å². The third kappa shape index (κ3) is 10.1. The fourth-order valence-corrected chi connectivity index (χ4v) is 14.5. The number of hydrogen-bond acceptors (Lipinski definition) is 7. The summed E-state index contributed by atoms with van der Waals surface area (Å²) in [5.41, 5.74) is 0. The molecule has 1 fully saturated rings. The normalized spacial score (nSPS) is 18.3. The Bertz CT molecular complexity index is 375. The summed E-state index contributed by atoms with van der Waals surface area (Å²) in [5.74, 6) is 0. The van der Waals surface area contributed by atoms with Gasteiger partial charge in [0.1, 0.15) is 6.10 Å². The highest BCUT2D eigenvalue weighted by Crippen LogP contribution is 2.25. The summed E-state index contributed by atoms with van der Waals surface area (Å²) < 4.78 is 41.1. The Labute approximate surface area is 162 Å². The molecule has 0 N–H and O–H groups in total. The maximum absolute atomic E-state index is 6.53. The van der Waals surface area contributed by atoms with Crippen LogP contribution in [0.3, 0.4) is 0 Å². The molecule has 156 valence electrons. The van der Waals surface area contributed by atoms with E-state index in [1.165, 1.54) is 0 Å². The SMILES string of the molecule is CCO[Si](OCC)(OCC)O[Si](C)(C)O[Si](C)(C)CCCOCC1CO1. The molecule has 1 atom stereocenters. The Kier molecular flexibility index (Phi) is 10.7. The minimum atomic E-state index is -3.16. The highest BCUT2D eigenvalue weighted by Gasteiger charge is 2.51. The molecule has 1 heterocycles. The van der Waals surface area contributed by atoms with Gasteiger partial charge in [0.25, 0.3) is 0 Å². The standard InChI is InChI=1S/C16H38O7Si3/c1-8-19-26(20-9-2,21-10-3)23-25(6,7)22-24(4,5)13-11-12-17-14-16-15-18-16/h16H,8-15H2,1-7H3. The van der Waals surface area contributed by atoms with Gasteiger partial charge in [0.15, 0.2) is 8.32 Å². The van der Waals surface area contributed by atoms with Crippen LogP contribution in [-0.4, -0.2) is 71.7 Å². The third-order valence-corrected chi connectivity index (χ3v) is 14.3. The molecule has 0 radical (unpaired) electrons. The first kappa shape index (κ1) is 24.4. The first-order valence-electron chi connectivity index (χ1n) is 9.69. The van der Waals surface area contributed by atoms with Gasteiger partial charge < -0.3 is 31.0 Å². The van der Waals surface area contributed by atoms with E-state index in [4.69, 9.17) is 31.0 Å². The van der Waals surface area contributed by atoms with E-state index in [1.807, 2.05) is 33.9 Å². The van der Waals surface area contributed by atoms with Crippen molar-refractivity contribution in [2.75, 3.05) is 39.6 Å². The topological polar surface area (TPSA) is 67.9 Å². The number of ether oxygens (including phenoxy) is 2. The Balaban J connectivity index is 2.52. The average Bonchev–Trinajstić information content (AvgIpc) is 3.30. The van der Waals surface area contributed by atoms with Crippen LogP contribution in [0, 0.1) is 0 Å². The number of hydrogen-bond donors (Lipinski definition) is 0. The van der Waals surface area contributed by atoms with Crippen molar-refractivity contribution in [3.63, 3.8) is 0 Å². The van der Waals surface area contributed by atoms with Crippen molar-refractivity contribution >= 4 is 25.9 Å². The molecule has 1 aliphatic heterocycles.